The molecular formula is C12H17NO5. The second kappa shape index (κ2) is 3.24. The first-order chi connectivity index (χ1) is 8.11. The van der Waals surface area contributed by atoms with Crippen molar-refractivity contribution in [3.63, 3.8) is 0 Å². The van der Waals surface area contributed by atoms with Gasteiger partial charge < -0.3 is 15.5 Å². The van der Waals surface area contributed by atoms with Crippen LogP contribution in [0.4, 0.5) is 0 Å². The van der Waals surface area contributed by atoms with E-state index in [1.807, 2.05) is 0 Å². The van der Waals surface area contributed by atoms with E-state index in [9.17, 15) is 24.6 Å². The van der Waals surface area contributed by atoms with Gasteiger partial charge in [0.25, 0.3) is 0 Å². The first-order valence-corrected chi connectivity index (χ1v) is 5.88. The highest BCUT2D eigenvalue weighted by Crippen LogP contribution is 2.66. The molecule has 6 heteroatoms. The molecule has 6 nitrogen and oxygen atoms in total. The van der Waals surface area contributed by atoms with Gasteiger partial charge in [0.05, 0.1) is 5.41 Å². The van der Waals surface area contributed by atoms with Crippen molar-refractivity contribution >= 4 is 17.8 Å². The van der Waals surface area contributed by atoms with Crippen LogP contribution in [0.1, 0.15) is 33.6 Å². The predicted molar refractivity (Wildman–Crippen MR) is 60.8 cm³/mol. The molecule has 0 aromatic heterocycles. The third-order valence-corrected chi connectivity index (χ3v) is 5.41. The summed E-state index contributed by atoms with van der Waals surface area (Å²) in [6.07, 6.45) is 0.587. The molecule has 0 spiro atoms. The Hall–Kier alpha value is -1.59. The fourth-order valence-electron chi connectivity index (χ4n) is 3.65. The fourth-order valence-corrected chi connectivity index (χ4v) is 3.65. The normalized spacial score (nSPS) is 41.3. The Morgan fingerprint density at radius 2 is 1.78 bits per heavy atom. The number of carbonyl (C=O) groups is 3. The van der Waals surface area contributed by atoms with Crippen LogP contribution >= 0.6 is 0 Å². The minimum atomic E-state index is -1.44. The number of piperidine rings is 1. The number of rotatable bonds is 2. The van der Waals surface area contributed by atoms with Gasteiger partial charge in [-0.2, -0.15) is 0 Å². The number of carboxylic acid groups (broad SMARTS) is 2. The van der Waals surface area contributed by atoms with Crippen LogP contribution in [-0.2, 0) is 14.4 Å². The first-order valence-electron chi connectivity index (χ1n) is 5.88. The van der Waals surface area contributed by atoms with Crippen LogP contribution in [0.25, 0.3) is 0 Å². The molecule has 2 bridgehead atoms. The maximum absolute atomic E-state index is 12.1. The van der Waals surface area contributed by atoms with Crippen molar-refractivity contribution in [2.45, 2.75) is 39.7 Å². The summed E-state index contributed by atoms with van der Waals surface area (Å²) >= 11 is 0. The van der Waals surface area contributed by atoms with E-state index in [1.54, 1.807) is 20.8 Å². The molecular weight excluding hydrogens is 238 g/mol. The number of aliphatic carboxylic acids is 2. The van der Waals surface area contributed by atoms with Crippen LogP contribution in [0.3, 0.4) is 0 Å². The van der Waals surface area contributed by atoms with Crippen molar-refractivity contribution < 1.29 is 24.6 Å². The fraction of sp³-hybridized carbons (Fsp3) is 0.750. The number of amides is 1. The standard InChI is InChI=1S/C12H17NO5/c1-10(2)11(3)4-5-12(10,9(17)18)6(7(14)15)13-8(11)16/h6H,4-5H2,1-3H3,(H,13,16)(H,14,15)(H,17,18)/t6-,11-,12+/m1/s1. The molecule has 1 aliphatic heterocycles. The van der Waals surface area contributed by atoms with Crippen molar-refractivity contribution in [1.82, 2.24) is 5.32 Å². The zero-order chi connectivity index (χ0) is 13.9. The molecule has 100 valence electrons. The Balaban J connectivity index is 2.68. The summed E-state index contributed by atoms with van der Waals surface area (Å²) in [6, 6.07) is -1.37. The van der Waals surface area contributed by atoms with Gasteiger partial charge in [-0.05, 0) is 18.3 Å². The van der Waals surface area contributed by atoms with E-state index in [0.717, 1.165) is 0 Å². The van der Waals surface area contributed by atoms with Gasteiger partial charge in [-0.3, -0.25) is 9.59 Å². The number of carbonyl (C=O) groups excluding carboxylic acids is 1. The second-order valence-corrected chi connectivity index (χ2v) is 5.98. The monoisotopic (exact) mass is 255 g/mol. The topological polar surface area (TPSA) is 104 Å². The van der Waals surface area contributed by atoms with Crippen LogP contribution in [0.15, 0.2) is 0 Å². The highest BCUT2D eigenvalue weighted by Gasteiger charge is 2.74. The zero-order valence-electron chi connectivity index (χ0n) is 10.6. The summed E-state index contributed by atoms with van der Waals surface area (Å²) in [5, 5.41) is 21.2. The third kappa shape index (κ3) is 1.06. The molecule has 0 radical (unpaired) electrons. The molecule has 1 amide bonds. The molecule has 2 fully saturated rings. The summed E-state index contributed by atoms with van der Waals surface area (Å²) in [5.74, 6) is -2.80. The third-order valence-electron chi connectivity index (χ3n) is 5.41. The number of hydrogen-bond acceptors (Lipinski definition) is 3. The van der Waals surface area contributed by atoms with Crippen molar-refractivity contribution in [3.05, 3.63) is 0 Å². The van der Waals surface area contributed by atoms with Gasteiger partial charge in [0.2, 0.25) is 5.91 Å². The van der Waals surface area contributed by atoms with Gasteiger partial charge in [0.1, 0.15) is 11.5 Å². The van der Waals surface area contributed by atoms with Gasteiger partial charge in [-0.15, -0.1) is 0 Å². The maximum atomic E-state index is 12.1. The number of hydrogen-bond donors (Lipinski definition) is 3. The van der Waals surface area contributed by atoms with Gasteiger partial charge in [-0.1, -0.05) is 20.8 Å². The van der Waals surface area contributed by atoms with E-state index in [1.165, 1.54) is 0 Å². The highest BCUT2D eigenvalue weighted by molar-refractivity contribution is 5.97. The first kappa shape index (κ1) is 12.9. The van der Waals surface area contributed by atoms with Crippen LogP contribution in [-0.4, -0.2) is 34.1 Å². The number of carboxylic acids is 2. The molecule has 18 heavy (non-hydrogen) atoms. The molecule has 3 N–H and O–H groups in total. The largest absolute Gasteiger partial charge is 0.481 e. The molecule has 0 aromatic carbocycles. The Morgan fingerprint density at radius 3 is 2.22 bits per heavy atom. The van der Waals surface area contributed by atoms with Crippen molar-refractivity contribution in [1.29, 1.82) is 0 Å². The minimum absolute atomic E-state index is 0.196. The molecule has 2 rings (SSSR count). The lowest BCUT2D eigenvalue weighted by atomic mass is 9.53. The molecule has 1 saturated heterocycles. The van der Waals surface area contributed by atoms with E-state index in [-0.39, 0.29) is 12.3 Å². The highest BCUT2D eigenvalue weighted by atomic mass is 16.4. The average Bonchev–Trinajstić information content (AvgIpc) is 2.39. The summed E-state index contributed by atoms with van der Waals surface area (Å²) in [4.78, 5) is 35.1. The van der Waals surface area contributed by atoms with Crippen LogP contribution in [0.5, 0.6) is 0 Å². The summed E-state index contributed by atoms with van der Waals surface area (Å²) < 4.78 is 0. The molecule has 0 aromatic rings. The quantitative estimate of drug-likeness (QED) is 0.665. The van der Waals surface area contributed by atoms with Crippen molar-refractivity contribution in [2.24, 2.45) is 16.2 Å². The lowest BCUT2D eigenvalue weighted by molar-refractivity contribution is -0.179. The molecule has 0 unspecified atom stereocenters. The summed E-state index contributed by atoms with van der Waals surface area (Å²) in [7, 11) is 0. The molecule has 1 aliphatic carbocycles. The second-order valence-electron chi connectivity index (χ2n) is 5.98. The van der Waals surface area contributed by atoms with Gasteiger partial charge >= 0.3 is 11.9 Å². The smallest absolute Gasteiger partial charge is 0.327 e. The molecule has 1 saturated carbocycles. The van der Waals surface area contributed by atoms with Gasteiger partial charge in [-0.25, -0.2) is 4.79 Å². The van der Waals surface area contributed by atoms with E-state index < -0.39 is 34.2 Å². The number of fused-ring (bicyclic) bond motifs is 2. The van der Waals surface area contributed by atoms with E-state index in [0.29, 0.717) is 6.42 Å². The van der Waals surface area contributed by atoms with E-state index in [2.05, 4.69) is 5.32 Å². The van der Waals surface area contributed by atoms with Crippen molar-refractivity contribution in [2.75, 3.05) is 0 Å². The average molecular weight is 255 g/mol. The zero-order valence-corrected chi connectivity index (χ0v) is 10.6. The minimum Gasteiger partial charge on any atom is -0.481 e. The van der Waals surface area contributed by atoms with Gasteiger partial charge in [0.15, 0.2) is 0 Å². The molecule has 1 heterocycles. The lowest BCUT2D eigenvalue weighted by Gasteiger charge is -2.52. The summed E-state index contributed by atoms with van der Waals surface area (Å²) in [6.45, 7) is 5.08. The SMILES string of the molecule is CC1(C)[C@]2(C)CC[C@@]1(C(=O)O)[C@@H](C(=O)O)NC2=O. The van der Waals surface area contributed by atoms with Crippen LogP contribution < -0.4 is 5.32 Å². The van der Waals surface area contributed by atoms with Crippen LogP contribution in [0, 0.1) is 16.2 Å². The Kier molecular flexibility index (Phi) is 2.32. The Labute approximate surface area is 104 Å². The number of nitrogens with one attached hydrogen (secondary N) is 1. The van der Waals surface area contributed by atoms with E-state index >= 15 is 0 Å². The van der Waals surface area contributed by atoms with Crippen LogP contribution in [0.2, 0.25) is 0 Å². The Morgan fingerprint density at radius 1 is 1.22 bits per heavy atom. The van der Waals surface area contributed by atoms with Crippen molar-refractivity contribution in [3.8, 4) is 0 Å². The van der Waals surface area contributed by atoms with E-state index in [4.69, 9.17) is 0 Å². The predicted octanol–water partition coefficient (Wildman–Crippen LogP) is 0.467. The lowest BCUT2D eigenvalue weighted by Crippen LogP contribution is -2.69. The summed E-state index contributed by atoms with van der Waals surface area (Å²) in [5.41, 5.74) is -3.18. The molecule has 3 atom stereocenters. The Bertz CT molecular complexity index is 457. The molecule has 2 aliphatic rings. The van der Waals surface area contributed by atoms with Gasteiger partial charge in [0, 0.05) is 0 Å². The maximum Gasteiger partial charge on any atom is 0.327 e.